The van der Waals surface area contributed by atoms with Crippen molar-refractivity contribution >= 4 is 61.4 Å². The van der Waals surface area contributed by atoms with E-state index in [-0.39, 0.29) is 16.4 Å². The van der Waals surface area contributed by atoms with Gasteiger partial charge in [0.25, 0.3) is 0 Å². The van der Waals surface area contributed by atoms with Gasteiger partial charge in [0, 0.05) is 17.1 Å². The highest BCUT2D eigenvalue weighted by atomic mass is 79.9. The molecule has 1 aromatic heterocycles. The zero-order valence-electron chi connectivity index (χ0n) is 10.1. The maximum absolute atomic E-state index is 11.4. The Morgan fingerprint density at radius 1 is 1.45 bits per heavy atom. The number of hydrogen-bond donors (Lipinski definition) is 2. The van der Waals surface area contributed by atoms with Gasteiger partial charge in [0.05, 0.1) is 5.02 Å². The number of rotatable bonds is 4. The molecule has 0 fully saturated rings. The molecule has 2 rings (SSSR count). The summed E-state index contributed by atoms with van der Waals surface area (Å²) in [5, 5.41) is 12.9. The first-order valence-electron chi connectivity index (χ1n) is 5.35. The Kier molecular flexibility index (Phi) is 4.42. The molecule has 0 saturated heterocycles. The number of Topliss-reactive ketones (excluding diaryl/α,β-unsaturated/α-hetero) is 1. The molecule has 0 spiro atoms. The zero-order chi connectivity index (χ0) is 14.9. The van der Waals surface area contributed by atoms with Crippen molar-refractivity contribution in [3.8, 4) is 0 Å². The lowest BCUT2D eigenvalue weighted by Gasteiger charge is -2.03. The summed E-state index contributed by atoms with van der Waals surface area (Å²) in [4.78, 5) is 26.5. The van der Waals surface area contributed by atoms with Crippen molar-refractivity contribution in [2.75, 3.05) is 5.32 Å². The van der Waals surface area contributed by atoms with Crippen LogP contribution >= 0.6 is 38.9 Å². The molecule has 0 radical (unpaired) electrons. The average Bonchev–Trinajstić information content (AvgIpc) is 2.78. The second-order valence-electron chi connectivity index (χ2n) is 3.81. The summed E-state index contributed by atoms with van der Waals surface area (Å²) in [6, 6.07) is 5.14. The van der Waals surface area contributed by atoms with Crippen molar-refractivity contribution in [3.05, 3.63) is 38.3 Å². The van der Waals surface area contributed by atoms with E-state index in [1.165, 1.54) is 6.92 Å². The predicted molar refractivity (Wildman–Crippen MR) is 81.5 cm³/mol. The Bertz CT molecular complexity index is 671. The molecule has 0 aliphatic carbocycles. The molecule has 0 aliphatic rings. The Balaban J connectivity index is 2.34. The van der Waals surface area contributed by atoms with Crippen LogP contribution in [0.4, 0.5) is 10.8 Å². The lowest BCUT2D eigenvalue weighted by atomic mass is 10.3. The number of ketones is 1. The smallest absolute Gasteiger partial charge is 0.356 e. The Labute approximate surface area is 131 Å². The van der Waals surface area contributed by atoms with E-state index in [2.05, 4.69) is 26.2 Å². The summed E-state index contributed by atoms with van der Waals surface area (Å²) in [7, 11) is 0. The highest BCUT2D eigenvalue weighted by Gasteiger charge is 2.20. The molecule has 20 heavy (non-hydrogen) atoms. The van der Waals surface area contributed by atoms with Gasteiger partial charge in [-0.05, 0) is 34.1 Å². The topological polar surface area (TPSA) is 79.3 Å². The standard InChI is InChI=1S/C12H8BrClN2O3S/c1-5(17)10-9(11(18)19)16-12(20-10)15-6-2-3-8(14)7(13)4-6/h2-4H,1H3,(H,15,16)(H,18,19). The van der Waals surface area contributed by atoms with Gasteiger partial charge < -0.3 is 10.4 Å². The molecule has 0 saturated carbocycles. The minimum atomic E-state index is -1.23. The molecular weight excluding hydrogens is 368 g/mol. The van der Waals surface area contributed by atoms with Crippen molar-refractivity contribution in [2.24, 2.45) is 0 Å². The number of aromatic carboxylic acids is 1. The second-order valence-corrected chi connectivity index (χ2v) is 6.07. The summed E-state index contributed by atoms with van der Waals surface area (Å²) < 4.78 is 0.700. The number of nitrogens with one attached hydrogen (secondary N) is 1. The molecule has 0 amide bonds. The number of carbonyl (C=O) groups excluding carboxylic acids is 1. The number of anilines is 2. The van der Waals surface area contributed by atoms with E-state index >= 15 is 0 Å². The van der Waals surface area contributed by atoms with Crippen LogP contribution in [0.3, 0.4) is 0 Å². The number of benzene rings is 1. The first-order chi connectivity index (χ1) is 9.38. The van der Waals surface area contributed by atoms with Crippen LogP contribution in [0.1, 0.15) is 27.1 Å². The van der Waals surface area contributed by atoms with Gasteiger partial charge >= 0.3 is 5.97 Å². The average molecular weight is 376 g/mol. The fourth-order valence-electron chi connectivity index (χ4n) is 1.45. The minimum absolute atomic E-state index is 0.119. The summed E-state index contributed by atoms with van der Waals surface area (Å²) >= 11 is 10.2. The molecule has 0 atom stereocenters. The number of nitrogens with zero attached hydrogens (tertiary/aromatic N) is 1. The fourth-order valence-corrected chi connectivity index (χ4v) is 2.82. The van der Waals surface area contributed by atoms with Crippen LogP contribution in [-0.2, 0) is 0 Å². The van der Waals surface area contributed by atoms with E-state index in [1.807, 2.05) is 0 Å². The molecule has 104 valence electrons. The quantitative estimate of drug-likeness (QED) is 0.783. The minimum Gasteiger partial charge on any atom is -0.476 e. The Morgan fingerprint density at radius 3 is 2.65 bits per heavy atom. The summed E-state index contributed by atoms with van der Waals surface area (Å²) in [6.45, 7) is 1.31. The van der Waals surface area contributed by atoms with Gasteiger partial charge in [0.2, 0.25) is 0 Å². The lowest BCUT2D eigenvalue weighted by Crippen LogP contribution is -2.03. The molecule has 0 bridgehead atoms. The number of halogens is 2. The molecule has 5 nitrogen and oxygen atoms in total. The van der Waals surface area contributed by atoms with Gasteiger partial charge in [-0.3, -0.25) is 4.79 Å². The summed E-state index contributed by atoms with van der Waals surface area (Å²) in [6.07, 6.45) is 0. The number of aromatic nitrogens is 1. The van der Waals surface area contributed by atoms with Crippen molar-refractivity contribution in [3.63, 3.8) is 0 Å². The SMILES string of the molecule is CC(=O)c1sc(Nc2ccc(Cl)c(Br)c2)nc1C(=O)O. The number of carbonyl (C=O) groups is 2. The fraction of sp³-hybridized carbons (Fsp3) is 0.0833. The highest BCUT2D eigenvalue weighted by Crippen LogP contribution is 2.30. The van der Waals surface area contributed by atoms with Gasteiger partial charge in [0.15, 0.2) is 16.6 Å². The number of thiazole rings is 1. The Hall–Kier alpha value is -1.44. The van der Waals surface area contributed by atoms with Gasteiger partial charge in [0.1, 0.15) is 4.88 Å². The van der Waals surface area contributed by atoms with E-state index in [0.717, 1.165) is 11.3 Å². The molecule has 2 N–H and O–H groups in total. The number of carboxylic acids is 1. The van der Waals surface area contributed by atoms with E-state index in [9.17, 15) is 9.59 Å². The van der Waals surface area contributed by atoms with Crippen LogP contribution < -0.4 is 5.32 Å². The maximum Gasteiger partial charge on any atom is 0.356 e. The van der Waals surface area contributed by atoms with Gasteiger partial charge in [-0.25, -0.2) is 9.78 Å². The van der Waals surface area contributed by atoms with Crippen LogP contribution in [-0.4, -0.2) is 21.8 Å². The molecule has 0 aliphatic heterocycles. The van der Waals surface area contributed by atoms with Crippen LogP contribution in [0, 0.1) is 0 Å². The van der Waals surface area contributed by atoms with Crippen molar-refractivity contribution in [1.29, 1.82) is 0 Å². The third kappa shape index (κ3) is 3.17. The van der Waals surface area contributed by atoms with E-state index in [1.54, 1.807) is 18.2 Å². The van der Waals surface area contributed by atoms with Crippen LogP contribution in [0.2, 0.25) is 5.02 Å². The second kappa shape index (κ2) is 5.90. The van der Waals surface area contributed by atoms with Gasteiger partial charge in [-0.1, -0.05) is 22.9 Å². The molecule has 2 aromatic rings. The van der Waals surface area contributed by atoms with Gasteiger partial charge in [-0.15, -0.1) is 0 Å². The first kappa shape index (κ1) is 15.0. The molecule has 1 aromatic carbocycles. The van der Waals surface area contributed by atoms with Gasteiger partial charge in [-0.2, -0.15) is 0 Å². The van der Waals surface area contributed by atoms with Crippen molar-refractivity contribution in [1.82, 2.24) is 4.98 Å². The highest BCUT2D eigenvalue weighted by molar-refractivity contribution is 9.10. The molecule has 8 heteroatoms. The predicted octanol–water partition coefficient (Wildman–Crippen LogP) is 4.20. The zero-order valence-corrected chi connectivity index (χ0v) is 13.3. The molecule has 0 unspecified atom stereocenters. The Morgan fingerprint density at radius 2 is 2.15 bits per heavy atom. The van der Waals surface area contributed by atoms with E-state index in [0.29, 0.717) is 20.3 Å². The largest absolute Gasteiger partial charge is 0.476 e. The van der Waals surface area contributed by atoms with Crippen LogP contribution in [0.25, 0.3) is 0 Å². The van der Waals surface area contributed by atoms with Crippen molar-refractivity contribution in [2.45, 2.75) is 6.92 Å². The normalized spacial score (nSPS) is 10.3. The van der Waals surface area contributed by atoms with Crippen molar-refractivity contribution < 1.29 is 14.7 Å². The monoisotopic (exact) mass is 374 g/mol. The van der Waals surface area contributed by atoms with E-state index in [4.69, 9.17) is 16.7 Å². The maximum atomic E-state index is 11.4. The van der Waals surface area contributed by atoms with Crippen LogP contribution in [0.15, 0.2) is 22.7 Å². The number of hydrogen-bond acceptors (Lipinski definition) is 5. The summed E-state index contributed by atoms with van der Waals surface area (Å²) in [5.74, 6) is -1.55. The van der Waals surface area contributed by atoms with E-state index < -0.39 is 5.97 Å². The molecule has 1 heterocycles. The third-order valence-corrected chi connectivity index (χ3v) is 4.61. The first-order valence-corrected chi connectivity index (χ1v) is 7.34. The third-order valence-electron chi connectivity index (χ3n) is 2.32. The van der Waals surface area contributed by atoms with Crippen LogP contribution in [0.5, 0.6) is 0 Å². The number of carboxylic acid groups (broad SMARTS) is 1. The molecular formula is C12H8BrClN2O3S. The lowest BCUT2D eigenvalue weighted by molar-refractivity contribution is 0.0687. The summed E-state index contributed by atoms with van der Waals surface area (Å²) in [5.41, 5.74) is 0.445.